The number of anilines is 1. The minimum atomic E-state index is -1.21. The molecule has 4 aromatic rings. The Hall–Kier alpha value is -3.95. The molecule has 3 aliphatic heterocycles. The van der Waals surface area contributed by atoms with Crippen LogP contribution in [-0.4, -0.2) is 63.2 Å². The van der Waals surface area contributed by atoms with Gasteiger partial charge >= 0.3 is 5.97 Å². The number of hydrogen-bond donors (Lipinski definition) is 1. The molecule has 0 saturated carbocycles. The Bertz CT molecular complexity index is 1710. The highest BCUT2D eigenvalue weighted by Gasteiger charge is 2.37. The molecule has 0 spiro atoms. The van der Waals surface area contributed by atoms with Gasteiger partial charge in [0.15, 0.2) is 11.8 Å². The standard InChI is InChI=1S/C36H44N4O5/c1-23-12-13-29-27(20-23)25-10-9-11-26(21-25)28-22-30-37-24(2)31(32(34(41)42)45-35(3,4)5)33(40(30)38-28)39-16-14-36(6,15-17-39)44-19-8-7-18-43-29/h9-13,20-22,32H,7-8,14-19H2,1-6H3,(H,41,42)/t32-/m0/s1. The molecule has 5 heterocycles. The van der Waals surface area contributed by atoms with E-state index in [0.717, 1.165) is 59.4 Å². The zero-order valence-electron chi connectivity index (χ0n) is 27.2. The molecule has 1 saturated heterocycles. The molecule has 0 radical (unpaired) electrons. The Labute approximate surface area is 265 Å². The summed E-state index contributed by atoms with van der Waals surface area (Å²) >= 11 is 0. The van der Waals surface area contributed by atoms with Crippen LogP contribution in [-0.2, 0) is 14.3 Å². The van der Waals surface area contributed by atoms with Crippen LogP contribution in [0.1, 0.15) is 76.3 Å². The van der Waals surface area contributed by atoms with Gasteiger partial charge in [-0.15, -0.1) is 0 Å². The lowest BCUT2D eigenvalue weighted by molar-refractivity contribution is -0.160. The second-order valence-electron chi connectivity index (χ2n) is 13.6. The van der Waals surface area contributed by atoms with Gasteiger partial charge in [0.05, 0.1) is 29.1 Å². The monoisotopic (exact) mass is 612 g/mol. The van der Waals surface area contributed by atoms with Crippen molar-refractivity contribution in [3.05, 3.63) is 65.4 Å². The average Bonchev–Trinajstić information content (AvgIpc) is 3.41. The van der Waals surface area contributed by atoms with E-state index in [-0.39, 0.29) is 5.60 Å². The van der Waals surface area contributed by atoms with Crippen LogP contribution in [0.25, 0.3) is 28.0 Å². The number of nitrogens with zero attached hydrogens (tertiary/aromatic N) is 4. The Kier molecular flexibility index (Phi) is 8.35. The van der Waals surface area contributed by atoms with Crippen molar-refractivity contribution in [2.24, 2.45) is 0 Å². The van der Waals surface area contributed by atoms with Crippen molar-refractivity contribution in [2.45, 2.75) is 84.5 Å². The fraction of sp³-hybridized carbons (Fsp3) is 0.472. The van der Waals surface area contributed by atoms with Crippen molar-refractivity contribution >= 4 is 17.4 Å². The molecule has 0 amide bonds. The first-order chi connectivity index (χ1) is 21.4. The predicted octanol–water partition coefficient (Wildman–Crippen LogP) is 7.17. The molecule has 2 aromatic heterocycles. The number of ether oxygens (including phenoxy) is 3. The second-order valence-corrected chi connectivity index (χ2v) is 13.6. The van der Waals surface area contributed by atoms with Crippen LogP contribution in [0.4, 0.5) is 5.82 Å². The summed E-state index contributed by atoms with van der Waals surface area (Å²) in [5, 5.41) is 15.5. The number of hydrogen-bond acceptors (Lipinski definition) is 7. The van der Waals surface area contributed by atoms with Crippen LogP contribution in [0, 0.1) is 13.8 Å². The molecular weight excluding hydrogens is 568 g/mol. The third-order valence-corrected chi connectivity index (χ3v) is 8.73. The molecule has 9 heteroatoms. The van der Waals surface area contributed by atoms with Gasteiger partial charge in [-0.2, -0.15) is 9.61 Å². The van der Waals surface area contributed by atoms with Crippen LogP contribution < -0.4 is 9.64 Å². The molecule has 0 unspecified atom stereocenters. The van der Waals surface area contributed by atoms with E-state index >= 15 is 0 Å². The van der Waals surface area contributed by atoms with Crippen molar-refractivity contribution < 1.29 is 24.1 Å². The Morgan fingerprint density at radius 2 is 1.76 bits per heavy atom. The van der Waals surface area contributed by atoms with Crippen LogP contribution in [0.3, 0.4) is 0 Å². The van der Waals surface area contributed by atoms with E-state index < -0.39 is 17.7 Å². The summed E-state index contributed by atoms with van der Waals surface area (Å²) in [6.07, 6.45) is 2.19. The maximum Gasteiger partial charge on any atom is 0.337 e. The first kappa shape index (κ1) is 31.0. The number of aliphatic carboxylic acids is 1. The van der Waals surface area contributed by atoms with E-state index in [0.29, 0.717) is 49.0 Å². The zero-order valence-corrected chi connectivity index (χ0v) is 27.2. The first-order valence-electron chi connectivity index (χ1n) is 15.9. The summed E-state index contributed by atoms with van der Waals surface area (Å²) in [6, 6.07) is 16.6. The Balaban J connectivity index is 1.54. The van der Waals surface area contributed by atoms with E-state index in [1.165, 1.54) is 0 Å². The van der Waals surface area contributed by atoms with Gasteiger partial charge in [-0.25, -0.2) is 9.78 Å². The molecule has 3 aliphatic rings. The lowest BCUT2D eigenvalue weighted by Crippen LogP contribution is -2.46. The van der Waals surface area contributed by atoms with Gasteiger partial charge in [0.2, 0.25) is 0 Å². The second kappa shape index (κ2) is 12.1. The largest absolute Gasteiger partial charge is 0.493 e. The normalized spacial score (nSPS) is 17.7. The van der Waals surface area contributed by atoms with Crippen molar-refractivity contribution in [3.63, 3.8) is 0 Å². The topological polar surface area (TPSA) is 98.4 Å². The third kappa shape index (κ3) is 6.56. The van der Waals surface area contributed by atoms with Gasteiger partial charge in [-0.3, -0.25) is 0 Å². The number of piperidine rings is 1. The summed E-state index contributed by atoms with van der Waals surface area (Å²) in [4.78, 5) is 19.9. The molecule has 238 valence electrons. The Morgan fingerprint density at radius 3 is 2.49 bits per heavy atom. The molecule has 2 aromatic carbocycles. The van der Waals surface area contributed by atoms with Crippen molar-refractivity contribution in [2.75, 3.05) is 31.2 Å². The zero-order chi connectivity index (χ0) is 31.9. The molecule has 0 aliphatic carbocycles. The molecule has 6 bridgehead atoms. The fourth-order valence-corrected chi connectivity index (χ4v) is 6.34. The summed E-state index contributed by atoms with van der Waals surface area (Å²) < 4.78 is 20.8. The third-order valence-electron chi connectivity index (χ3n) is 8.73. The first-order valence-corrected chi connectivity index (χ1v) is 15.9. The minimum Gasteiger partial charge on any atom is -0.493 e. The maximum atomic E-state index is 12.8. The summed E-state index contributed by atoms with van der Waals surface area (Å²) in [7, 11) is 0. The van der Waals surface area contributed by atoms with Gasteiger partial charge in [-0.05, 0) is 91.0 Å². The highest BCUT2D eigenvalue weighted by atomic mass is 16.5. The number of aromatic nitrogens is 3. The SMILES string of the molecule is Cc1ccc2c(c1)-c1cccc(c1)-c1cc3nc(C)c([C@H](OC(C)(C)C)C(=O)O)c(n3n1)N1CCC(C)(CC1)OCCCCO2. The lowest BCUT2D eigenvalue weighted by atomic mass is 9.92. The predicted molar refractivity (Wildman–Crippen MR) is 175 cm³/mol. The van der Waals surface area contributed by atoms with Crippen LogP contribution in [0.2, 0.25) is 0 Å². The lowest BCUT2D eigenvalue weighted by Gasteiger charge is -2.41. The fourth-order valence-electron chi connectivity index (χ4n) is 6.34. The molecule has 1 atom stereocenters. The highest BCUT2D eigenvalue weighted by Crippen LogP contribution is 2.39. The molecule has 45 heavy (non-hydrogen) atoms. The quantitative estimate of drug-likeness (QED) is 0.260. The number of fused-ring (bicyclic) bond motifs is 7. The van der Waals surface area contributed by atoms with Crippen LogP contribution >= 0.6 is 0 Å². The van der Waals surface area contributed by atoms with E-state index in [4.69, 9.17) is 24.3 Å². The van der Waals surface area contributed by atoms with Gasteiger partial charge in [0.25, 0.3) is 0 Å². The maximum absolute atomic E-state index is 12.8. The van der Waals surface area contributed by atoms with Gasteiger partial charge in [-0.1, -0.05) is 29.8 Å². The Morgan fingerprint density at radius 1 is 1.02 bits per heavy atom. The number of benzene rings is 2. The van der Waals surface area contributed by atoms with E-state index in [1.807, 2.05) is 50.4 Å². The van der Waals surface area contributed by atoms with Gasteiger partial charge in [0, 0.05) is 42.6 Å². The number of carboxylic acids is 1. The molecule has 7 rings (SSSR count). The smallest absolute Gasteiger partial charge is 0.337 e. The van der Waals surface area contributed by atoms with Crippen molar-refractivity contribution in [1.82, 2.24) is 14.6 Å². The van der Waals surface area contributed by atoms with Crippen molar-refractivity contribution in [3.8, 4) is 28.1 Å². The molecule has 1 fully saturated rings. The molecule has 1 N–H and O–H groups in total. The number of carboxylic acid groups (broad SMARTS) is 1. The van der Waals surface area contributed by atoms with Crippen LogP contribution in [0.15, 0.2) is 48.5 Å². The van der Waals surface area contributed by atoms with Crippen LogP contribution in [0.5, 0.6) is 5.75 Å². The number of aryl methyl sites for hydroxylation is 2. The van der Waals surface area contributed by atoms with E-state index in [2.05, 4.69) is 49.1 Å². The van der Waals surface area contributed by atoms with Gasteiger partial charge < -0.3 is 24.2 Å². The van der Waals surface area contributed by atoms with Gasteiger partial charge in [0.1, 0.15) is 11.6 Å². The molecular formula is C36H44N4O5. The number of rotatable bonds is 3. The summed E-state index contributed by atoms with van der Waals surface area (Å²) in [5.41, 5.74) is 5.77. The summed E-state index contributed by atoms with van der Waals surface area (Å²) in [5.74, 6) is 0.515. The molecule has 9 nitrogen and oxygen atoms in total. The minimum absolute atomic E-state index is 0.270. The summed E-state index contributed by atoms with van der Waals surface area (Å²) in [6.45, 7) is 14.4. The average molecular weight is 613 g/mol. The number of carbonyl (C=O) groups is 1. The van der Waals surface area contributed by atoms with Crippen molar-refractivity contribution in [1.29, 1.82) is 0 Å². The van der Waals surface area contributed by atoms with E-state index in [1.54, 1.807) is 0 Å². The van der Waals surface area contributed by atoms with E-state index in [9.17, 15) is 9.90 Å². The highest BCUT2D eigenvalue weighted by molar-refractivity contribution is 5.80.